The number of carbonyl (C=O) groups is 2. The average Bonchev–Trinajstić information content (AvgIpc) is 3.00. The minimum atomic E-state index is -0.478. The second-order valence-electron chi connectivity index (χ2n) is 8.94. The first kappa shape index (κ1) is 31.2. The van der Waals surface area contributed by atoms with Crippen LogP contribution in [0.2, 0.25) is 0 Å². The van der Waals surface area contributed by atoms with Crippen LogP contribution in [0, 0.1) is 5.92 Å². The summed E-state index contributed by atoms with van der Waals surface area (Å²) < 4.78 is 27.2. The molecular weight excluding hydrogens is 526 g/mol. The van der Waals surface area contributed by atoms with Crippen LogP contribution in [0.3, 0.4) is 0 Å². The second kappa shape index (κ2) is 17.4. The number of benzene rings is 3. The van der Waals surface area contributed by atoms with Crippen LogP contribution in [0.15, 0.2) is 77.8 Å². The molecule has 0 spiro atoms. The Hall–Kier alpha value is -4.30. The van der Waals surface area contributed by atoms with Crippen molar-refractivity contribution < 1.29 is 38.1 Å². The molecule has 0 unspecified atom stereocenters. The molecule has 0 N–H and O–H groups in total. The lowest BCUT2D eigenvalue weighted by molar-refractivity contribution is -0.150. The predicted molar refractivity (Wildman–Crippen MR) is 153 cm³/mol. The zero-order valence-electron chi connectivity index (χ0n) is 23.4. The standard InChI is InChI=1S/C32H35NO8/c1-3-24(4-2)31(35)40-22-20-38-18-17-37-19-21-39-29-13-9-27(10-14-29)32(36)41-30-15-7-26(8-16-30)25-5-11-28(12-6-25)33-23-34/h5-16,24H,3-4,17-22H2,1-2H3. The zero-order chi connectivity index (χ0) is 29.3. The van der Waals surface area contributed by atoms with Gasteiger partial charge in [0, 0.05) is 0 Å². The van der Waals surface area contributed by atoms with Gasteiger partial charge < -0.3 is 23.7 Å². The lowest BCUT2D eigenvalue weighted by atomic mass is 10.0. The molecule has 0 saturated heterocycles. The van der Waals surface area contributed by atoms with Crippen molar-refractivity contribution in [3.63, 3.8) is 0 Å². The summed E-state index contributed by atoms with van der Waals surface area (Å²) in [7, 11) is 0. The van der Waals surface area contributed by atoms with Gasteiger partial charge >= 0.3 is 11.9 Å². The van der Waals surface area contributed by atoms with Crippen LogP contribution in [-0.2, 0) is 23.8 Å². The molecule has 0 aliphatic rings. The first-order chi connectivity index (χ1) is 20.0. The molecule has 0 heterocycles. The molecule has 0 aromatic heterocycles. The van der Waals surface area contributed by atoms with E-state index in [9.17, 15) is 14.4 Å². The van der Waals surface area contributed by atoms with Crippen molar-refractivity contribution in [1.82, 2.24) is 0 Å². The Kier molecular flexibility index (Phi) is 13.3. The highest BCUT2D eigenvalue weighted by molar-refractivity contribution is 5.91. The van der Waals surface area contributed by atoms with Crippen molar-refractivity contribution in [2.24, 2.45) is 10.9 Å². The number of rotatable bonds is 17. The molecule has 3 aromatic carbocycles. The minimum Gasteiger partial charge on any atom is -0.491 e. The fourth-order valence-electron chi connectivity index (χ4n) is 3.83. The van der Waals surface area contributed by atoms with Crippen LogP contribution in [0.25, 0.3) is 11.1 Å². The summed E-state index contributed by atoms with van der Waals surface area (Å²) in [6, 6.07) is 21.0. The monoisotopic (exact) mass is 561 g/mol. The van der Waals surface area contributed by atoms with Crippen LogP contribution < -0.4 is 9.47 Å². The second-order valence-corrected chi connectivity index (χ2v) is 8.94. The molecular formula is C32H35NO8. The maximum Gasteiger partial charge on any atom is 0.343 e. The lowest BCUT2D eigenvalue weighted by Crippen LogP contribution is -2.19. The molecule has 0 aliphatic heterocycles. The van der Waals surface area contributed by atoms with E-state index in [1.54, 1.807) is 48.5 Å². The predicted octanol–water partition coefficient (Wildman–Crippen LogP) is 5.93. The Morgan fingerprint density at radius 3 is 1.83 bits per heavy atom. The van der Waals surface area contributed by atoms with Gasteiger partial charge in [0.25, 0.3) is 0 Å². The maximum atomic E-state index is 12.5. The molecule has 3 aromatic rings. The molecule has 9 nitrogen and oxygen atoms in total. The molecule has 0 amide bonds. The van der Waals surface area contributed by atoms with Gasteiger partial charge in [-0.15, -0.1) is 0 Å². The summed E-state index contributed by atoms with van der Waals surface area (Å²) in [6.45, 7) is 6.04. The Morgan fingerprint density at radius 2 is 1.24 bits per heavy atom. The summed E-state index contributed by atoms with van der Waals surface area (Å²) in [5, 5.41) is 0. The lowest BCUT2D eigenvalue weighted by Gasteiger charge is -2.12. The largest absolute Gasteiger partial charge is 0.491 e. The van der Waals surface area contributed by atoms with Crippen molar-refractivity contribution in [2.75, 3.05) is 39.6 Å². The van der Waals surface area contributed by atoms with Crippen molar-refractivity contribution in [2.45, 2.75) is 26.7 Å². The molecule has 0 aliphatic carbocycles. The van der Waals surface area contributed by atoms with E-state index >= 15 is 0 Å². The van der Waals surface area contributed by atoms with E-state index < -0.39 is 5.97 Å². The van der Waals surface area contributed by atoms with Gasteiger partial charge in [-0.1, -0.05) is 38.1 Å². The van der Waals surface area contributed by atoms with Crippen LogP contribution in [0.5, 0.6) is 11.5 Å². The number of esters is 2. The molecule has 0 radical (unpaired) electrons. The van der Waals surface area contributed by atoms with Gasteiger partial charge in [0.1, 0.15) is 24.7 Å². The topological polar surface area (TPSA) is 110 Å². The fraction of sp³-hybridized carbons (Fsp3) is 0.344. The first-order valence-electron chi connectivity index (χ1n) is 13.6. The van der Waals surface area contributed by atoms with Gasteiger partial charge in [0.15, 0.2) is 0 Å². The summed E-state index contributed by atoms with van der Waals surface area (Å²) in [5.74, 6) is 0.334. The first-order valence-corrected chi connectivity index (χ1v) is 13.6. The van der Waals surface area contributed by atoms with E-state index in [0.29, 0.717) is 55.8 Å². The third kappa shape index (κ3) is 10.7. The highest BCUT2D eigenvalue weighted by atomic mass is 16.6. The smallest absolute Gasteiger partial charge is 0.343 e. The van der Waals surface area contributed by atoms with Crippen LogP contribution >= 0.6 is 0 Å². The Labute approximate surface area is 240 Å². The Bertz CT molecular complexity index is 1260. The van der Waals surface area contributed by atoms with Crippen molar-refractivity contribution >= 4 is 23.7 Å². The van der Waals surface area contributed by atoms with E-state index in [2.05, 4.69) is 4.99 Å². The number of ether oxygens (including phenoxy) is 5. The molecule has 41 heavy (non-hydrogen) atoms. The number of hydrogen-bond acceptors (Lipinski definition) is 9. The Balaban J connectivity index is 1.30. The number of nitrogens with zero attached hydrogens (tertiary/aromatic N) is 1. The number of carbonyl (C=O) groups excluding carboxylic acids is 3. The number of isocyanates is 1. The molecule has 0 fully saturated rings. The number of hydrogen-bond donors (Lipinski definition) is 0. The highest BCUT2D eigenvalue weighted by Crippen LogP contribution is 2.25. The van der Waals surface area contributed by atoms with E-state index in [4.69, 9.17) is 23.7 Å². The molecule has 0 saturated carbocycles. The summed E-state index contributed by atoms with van der Waals surface area (Å²) in [6.07, 6.45) is 3.07. The van der Waals surface area contributed by atoms with Crippen molar-refractivity contribution in [3.05, 3.63) is 78.4 Å². The van der Waals surface area contributed by atoms with Gasteiger partial charge in [-0.25, -0.2) is 9.59 Å². The molecule has 0 bridgehead atoms. The van der Waals surface area contributed by atoms with Crippen LogP contribution in [0.1, 0.15) is 37.0 Å². The summed E-state index contributed by atoms with van der Waals surface area (Å²) >= 11 is 0. The van der Waals surface area contributed by atoms with Gasteiger partial charge in [-0.3, -0.25) is 4.79 Å². The molecule has 0 atom stereocenters. The third-order valence-corrected chi connectivity index (χ3v) is 6.19. The van der Waals surface area contributed by atoms with E-state index in [-0.39, 0.29) is 18.5 Å². The van der Waals surface area contributed by atoms with E-state index in [1.165, 1.54) is 6.08 Å². The van der Waals surface area contributed by atoms with Gasteiger partial charge in [0.2, 0.25) is 6.08 Å². The SMILES string of the molecule is CCC(CC)C(=O)OCCOCCOCCOc1ccc(C(=O)Oc2ccc(-c3ccc(N=C=O)cc3)cc2)cc1. The average molecular weight is 562 g/mol. The summed E-state index contributed by atoms with van der Waals surface area (Å²) in [4.78, 5) is 38.3. The quantitative estimate of drug-likeness (QED) is 0.0656. The van der Waals surface area contributed by atoms with Crippen LogP contribution in [-0.4, -0.2) is 57.7 Å². The maximum absolute atomic E-state index is 12.5. The van der Waals surface area contributed by atoms with Crippen molar-refractivity contribution in [3.8, 4) is 22.6 Å². The van der Waals surface area contributed by atoms with E-state index in [1.807, 2.05) is 38.1 Å². The van der Waals surface area contributed by atoms with E-state index in [0.717, 1.165) is 24.0 Å². The van der Waals surface area contributed by atoms with Gasteiger partial charge in [-0.05, 0) is 72.5 Å². The van der Waals surface area contributed by atoms with Gasteiger partial charge in [-0.2, -0.15) is 4.99 Å². The number of aliphatic imine (C=N–C) groups is 1. The van der Waals surface area contributed by atoms with Gasteiger partial charge in [0.05, 0.1) is 43.6 Å². The van der Waals surface area contributed by atoms with Crippen LogP contribution in [0.4, 0.5) is 5.69 Å². The van der Waals surface area contributed by atoms with Crippen molar-refractivity contribution in [1.29, 1.82) is 0 Å². The molecule has 216 valence electrons. The highest BCUT2D eigenvalue weighted by Gasteiger charge is 2.15. The summed E-state index contributed by atoms with van der Waals surface area (Å²) in [5.41, 5.74) is 2.80. The third-order valence-electron chi connectivity index (χ3n) is 6.19. The molecule has 9 heteroatoms. The molecule has 3 rings (SSSR count). The fourth-order valence-corrected chi connectivity index (χ4v) is 3.83. The zero-order valence-corrected chi connectivity index (χ0v) is 23.4. The normalized spacial score (nSPS) is 10.6. The Morgan fingerprint density at radius 1 is 0.707 bits per heavy atom. The minimum absolute atomic E-state index is 0.0454.